The molecule has 0 aliphatic carbocycles. The van der Waals surface area contributed by atoms with Gasteiger partial charge >= 0.3 is 0 Å². The monoisotopic (exact) mass is 264 g/mol. The number of aliphatic hydroxyl groups excluding tert-OH is 1. The summed E-state index contributed by atoms with van der Waals surface area (Å²) in [6, 6.07) is 5.89. The molecule has 0 saturated carbocycles. The lowest BCUT2D eigenvalue weighted by Crippen LogP contribution is -2.43. The van der Waals surface area contributed by atoms with E-state index in [4.69, 9.17) is 4.74 Å². The molecule has 106 valence electrons. The highest BCUT2D eigenvalue weighted by Gasteiger charge is 2.16. The van der Waals surface area contributed by atoms with Crippen molar-refractivity contribution in [3.8, 4) is 5.75 Å². The first-order chi connectivity index (χ1) is 9.20. The lowest BCUT2D eigenvalue weighted by Gasteiger charge is -2.28. The molecule has 0 amide bonds. The zero-order chi connectivity index (χ0) is 13.7. The van der Waals surface area contributed by atoms with Crippen molar-refractivity contribution in [2.45, 2.75) is 32.3 Å². The number of rotatable bonds is 5. The fraction of sp³-hybridized carbons (Fsp3) is 0.600. The number of aryl methyl sites for hydroxylation is 1. The van der Waals surface area contributed by atoms with Gasteiger partial charge in [0.05, 0.1) is 13.2 Å². The van der Waals surface area contributed by atoms with Crippen LogP contribution >= 0.6 is 0 Å². The number of methoxy groups -OCH3 is 1. The van der Waals surface area contributed by atoms with Gasteiger partial charge in [0, 0.05) is 25.2 Å². The molecular weight excluding hydrogens is 240 g/mol. The van der Waals surface area contributed by atoms with E-state index in [1.807, 2.05) is 25.1 Å². The van der Waals surface area contributed by atoms with Crippen LogP contribution in [0.5, 0.6) is 5.75 Å². The summed E-state index contributed by atoms with van der Waals surface area (Å²) in [5.41, 5.74) is 5.30. The Morgan fingerprint density at radius 1 is 1.32 bits per heavy atom. The van der Waals surface area contributed by atoms with Gasteiger partial charge in [-0.1, -0.05) is 18.1 Å². The van der Waals surface area contributed by atoms with E-state index in [2.05, 4.69) is 10.4 Å². The fourth-order valence-corrected chi connectivity index (χ4v) is 2.49. The van der Waals surface area contributed by atoms with Crippen LogP contribution in [0.4, 0.5) is 0 Å². The minimum atomic E-state index is -0.545. The van der Waals surface area contributed by atoms with E-state index in [0.29, 0.717) is 6.54 Å². The van der Waals surface area contributed by atoms with Crippen LogP contribution in [0.3, 0.4) is 0 Å². The van der Waals surface area contributed by atoms with Crippen LogP contribution in [0.2, 0.25) is 0 Å². The van der Waals surface area contributed by atoms with Gasteiger partial charge in [0.25, 0.3) is 0 Å². The van der Waals surface area contributed by atoms with Crippen molar-refractivity contribution in [3.63, 3.8) is 0 Å². The molecule has 1 fully saturated rings. The van der Waals surface area contributed by atoms with Crippen LogP contribution in [0.1, 0.15) is 36.5 Å². The van der Waals surface area contributed by atoms with Gasteiger partial charge in [0.2, 0.25) is 0 Å². The highest BCUT2D eigenvalue weighted by atomic mass is 16.5. The molecule has 0 aromatic heterocycles. The maximum Gasteiger partial charge on any atom is 0.124 e. The maximum absolute atomic E-state index is 10.3. The molecular formula is C15H24N2O2. The number of aliphatic hydroxyl groups is 1. The summed E-state index contributed by atoms with van der Waals surface area (Å²) >= 11 is 0. The Hall–Kier alpha value is -1.10. The van der Waals surface area contributed by atoms with Crippen molar-refractivity contribution in [2.24, 2.45) is 0 Å². The summed E-state index contributed by atoms with van der Waals surface area (Å²) in [6.07, 6.45) is 3.23. The van der Waals surface area contributed by atoms with Crippen LogP contribution < -0.4 is 10.2 Å². The molecule has 1 atom stereocenters. The Labute approximate surface area is 115 Å². The third kappa shape index (κ3) is 3.93. The average Bonchev–Trinajstić information content (AvgIpc) is 2.46. The molecule has 2 N–H and O–H groups in total. The first kappa shape index (κ1) is 14.3. The van der Waals surface area contributed by atoms with Crippen LogP contribution in [0.15, 0.2) is 18.2 Å². The largest absolute Gasteiger partial charge is 0.496 e. The van der Waals surface area contributed by atoms with Crippen LogP contribution in [-0.2, 0) is 0 Å². The van der Waals surface area contributed by atoms with E-state index in [9.17, 15) is 5.11 Å². The molecule has 1 aliphatic rings. The summed E-state index contributed by atoms with van der Waals surface area (Å²) in [6.45, 7) is 4.68. The van der Waals surface area contributed by atoms with Gasteiger partial charge in [-0.05, 0) is 31.9 Å². The summed E-state index contributed by atoms with van der Waals surface area (Å²) in [5.74, 6) is 0.749. The standard InChI is InChI=1S/C15H24N2O2/c1-12-6-7-15(19-2)13(10-12)14(18)11-16-17-8-4-3-5-9-17/h6-7,10,14,16,18H,3-5,8-9,11H2,1-2H3. The van der Waals surface area contributed by atoms with Crippen molar-refractivity contribution >= 4 is 0 Å². The molecule has 1 heterocycles. The third-order valence-corrected chi connectivity index (χ3v) is 3.61. The van der Waals surface area contributed by atoms with Crippen LogP contribution in [0, 0.1) is 6.92 Å². The summed E-state index contributed by atoms with van der Waals surface area (Å²) < 4.78 is 5.31. The minimum Gasteiger partial charge on any atom is -0.496 e. The van der Waals surface area contributed by atoms with Crippen molar-refractivity contribution in [1.82, 2.24) is 10.4 Å². The predicted molar refractivity (Wildman–Crippen MR) is 76.1 cm³/mol. The molecule has 1 aromatic rings. The van der Waals surface area contributed by atoms with E-state index in [1.54, 1.807) is 7.11 Å². The lowest BCUT2D eigenvalue weighted by molar-refractivity contribution is 0.0982. The topological polar surface area (TPSA) is 44.7 Å². The van der Waals surface area contributed by atoms with Gasteiger partial charge in [-0.15, -0.1) is 0 Å². The predicted octanol–water partition coefficient (Wildman–Crippen LogP) is 2.03. The Morgan fingerprint density at radius 3 is 2.74 bits per heavy atom. The number of hydrogen-bond acceptors (Lipinski definition) is 4. The van der Waals surface area contributed by atoms with E-state index >= 15 is 0 Å². The molecule has 1 unspecified atom stereocenters. The summed E-state index contributed by atoms with van der Waals surface area (Å²) in [5, 5.41) is 12.5. The second kappa shape index (κ2) is 6.89. The molecule has 19 heavy (non-hydrogen) atoms. The zero-order valence-electron chi connectivity index (χ0n) is 11.9. The Morgan fingerprint density at radius 2 is 2.05 bits per heavy atom. The smallest absolute Gasteiger partial charge is 0.124 e. The second-order valence-corrected chi connectivity index (χ2v) is 5.17. The van der Waals surface area contributed by atoms with Crippen molar-refractivity contribution in [2.75, 3.05) is 26.7 Å². The summed E-state index contributed by atoms with van der Waals surface area (Å²) in [4.78, 5) is 0. The quantitative estimate of drug-likeness (QED) is 0.854. The highest BCUT2D eigenvalue weighted by molar-refractivity contribution is 5.38. The summed E-state index contributed by atoms with van der Waals surface area (Å²) in [7, 11) is 1.64. The Balaban J connectivity index is 1.94. The molecule has 0 radical (unpaired) electrons. The van der Waals surface area contributed by atoms with Gasteiger partial charge < -0.3 is 9.84 Å². The van der Waals surface area contributed by atoms with Gasteiger partial charge in [-0.3, -0.25) is 5.43 Å². The first-order valence-corrected chi connectivity index (χ1v) is 7.02. The number of hydrogen-bond donors (Lipinski definition) is 2. The highest BCUT2D eigenvalue weighted by Crippen LogP contribution is 2.26. The molecule has 1 saturated heterocycles. The molecule has 1 aromatic carbocycles. The molecule has 4 nitrogen and oxygen atoms in total. The average molecular weight is 264 g/mol. The van der Waals surface area contributed by atoms with E-state index < -0.39 is 6.10 Å². The Bertz CT molecular complexity index is 403. The number of benzene rings is 1. The van der Waals surface area contributed by atoms with E-state index in [1.165, 1.54) is 19.3 Å². The first-order valence-electron chi connectivity index (χ1n) is 7.02. The number of piperidine rings is 1. The van der Waals surface area contributed by atoms with Gasteiger partial charge in [0.15, 0.2) is 0 Å². The molecule has 0 bridgehead atoms. The van der Waals surface area contributed by atoms with Gasteiger partial charge in [-0.25, -0.2) is 5.01 Å². The van der Waals surface area contributed by atoms with Crippen molar-refractivity contribution < 1.29 is 9.84 Å². The number of nitrogens with zero attached hydrogens (tertiary/aromatic N) is 1. The fourth-order valence-electron chi connectivity index (χ4n) is 2.49. The number of hydrazine groups is 1. The second-order valence-electron chi connectivity index (χ2n) is 5.17. The third-order valence-electron chi connectivity index (χ3n) is 3.61. The van der Waals surface area contributed by atoms with Crippen LogP contribution in [0.25, 0.3) is 0 Å². The normalized spacial score (nSPS) is 18.3. The zero-order valence-corrected chi connectivity index (χ0v) is 11.9. The van der Waals surface area contributed by atoms with Crippen LogP contribution in [-0.4, -0.2) is 36.9 Å². The lowest BCUT2D eigenvalue weighted by atomic mass is 10.1. The van der Waals surface area contributed by atoms with E-state index in [0.717, 1.165) is 30.0 Å². The molecule has 2 rings (SSSR count). The molecule has 0 spiro atoms. The van der Waals surface area contributed by atoms with Crippen molar-refractivity contribution in [1.29, 1.82) is 0 Å². The van der Waals surface area contributed by atoms with Gasteiger partial charge in [-0.2, -0.15) is 0 Å². The van der Waals surface area contributed by atoms with Crippen molar-refractivity contribution in [3.05, 3.63) is 29.3 Å². The Kier molecular flexibility index (Phi) is 5.19. The van der Waals surface area contributed by atoms with E-state index in [-0.39, 0.29) is 0 Å². The number of ether oxygens (including phenoxy) is 1. The SMILES string of the molecule is COc1ccc(C)cc1C(O)CNN1CCCCC1. The molecule has 1 aliphatic heterocycles. The minimum absolute atomic E-state index is 0.528. The maximum atomic E-state index is 10.3. The number of nitrogens with one attached hydrogen (secondary N) is 1. The van der Waals surface area contributed by atoms with Gasteiger partial charge in [0.1, 0.15) is 5.75 Å². The molecule has 4 heteroatoms.